The number of halogens is 1. The second-order valence-electron chi connectivity index (χ2n) is 4.87. The molecule has 1 aromatic carbocycles. The van der Waals surface area contributed by atoms with E-state index in [1.165, 1.54) is 31.4 Å². The van der Waals surface area contributed by atoms with Crippen LogP contribution in [0.2, 0.25) is 0 Å². The average Bonchev–Trinajstić information content (AvgIpc) is 2.54. The highest BCUT2D eigenvalue weighted by molar-refractivity contribution is 5.92. The van der Waals surface area contributed by atoms with Crippen molar-refractivity contribution >= 4 is 11.9 Å². The van der Waals surface area contributed by atoms with E-state index in [4.69, 9.17) is 15.2 Å². The molecule has 0 fully saturated rings. The van der Waals surface area contributed by atoms with Gasteiger partial charge in [-0.15, -0.1) is 0 Å². The molecule has 122 valence electrons. The number of benzene rings is 1. The third-order valence-electron chi connectivity index (χ3n) is 3.55. The first-order valence-corrected chi connectivity index (χ1v) is 7.00. The first kappa shape index (κ1) is 16.7. The van der Waals surface area contributed by atoms with Gasteiger partial charge in [0.15, 0.2) is 0 Å². The molecule has 0 spiro atoms. The average molecular weight is 320 g/mol. The number of hydrogen-bond donors (Lipinski definition) is 2. The van der Waals surface area contributed by atoms with Crippen molar-refractivity contribution in [3.05, 3.63) is 52.7 Å². The van der Waals surface area contributed by atoms with Gasteiger partial charge in [-0.3, -0.25) is 0 Å². The lowest BCUT2D eigenvalue weighted by molar-refractivity contribution is -0.139. The van der Waals surface area contributed by atoms with Gasteiger partial charge in [-0.1, -0.05) is 12.1 Å². The van der Waals surface area contributed by atoms with Crippen LogP contribution < -0.4 is 11.1 Å². The van der Waals surface area contributed by atoms with Crippen LogP contribution in [0.4, 0.5) is 4.39 Å². The zero-order chi connectivity index (χ0) is 17.0. The molecule has 0 saturated heterocycles. The smallest absolute Gasteiger partial charge is 0.338 e. The molecular formula is C16H17FN2O4. The van der Waals surface area contributed by atoms with Crippen LogP contribution in [0.25, 0.3) is 0 Å². The second-order valence-corrected chi connectivity index (χ2v) is 4.87. The molecule has 0 bridgehead atoms. The highest BCUT2D eigenvalue weighted by Crippen LogP contribution is 2.36. The van der Waals surface area contributed by atoms with E-state index in [-0.39, 0.29) is 23.7 Å². The number of carbonyl (C=O) groups is 1. The number of methoxy groups -OCH3 is 1. The van der Waals surface area contributed by atoms with Crippen LogP contribution in [-0.4, -0.2) is 31.7 Å². The van der Waals surface area contributed by atoms with Crippen LogP contribution >= 0.6 is 0 Å². The Kier molecular flexibility index (Phi) is 5.16. The van der Waals surface area contributed by atoms with Crippen molar-refractivity contribution in [3.8, 4) is 0 Å². The molecule has 0 aliphatic carbocycles. The standard InChI is InChI=1S/C16H17FN2O4/c1-3-23-16(21)13-12(9-4-6-10(17)7-5-9)14(22-2)11(8-20)19-15(13)18/h4-7,12,14,19H,3,18H2,1-2H3. The Bertz CT molecular complexity index is 678. The Morgan fingerprint density at radius 3 is 2.57 bits per heavy atom. The minimum Gasteiger partial charge on any atom is -0.463 e. The zero-order valence-electron chi connectivity index (χ0n) is 12.8. The SMILES string of the molecule is CCOC(=O)C1=C(N)NC(=C=O)C(OC)C1c1ccc(F)cc1. The monoisotopic (exact) mass is 320 g/mol. The summed E-state index contributed by atoms with van der Waals surface area (Å²) in [4.78, 5) is 23.4. The van der Waals surface area contributed by atoms with Crippen molar-refractivity contribution in [2.24, 2.45) is 5.73 Å². The van der Waals surface area contributed by atoms with E-state index in [1.54, 1.807) is 12.9 Å². The topological polar surface area (TPSA) is 90.6 Å². The minimum absolute atomic E-state index is 0.00979. The van der Waals surface area contributed by atoms with E-state index >= 15 is 0 Å². The van der Waals surface area contributed by atoms with Gasteiger partial charge in [-0.25, -0.2) is 14.0 Å². The quantitative estimate of drug-likeness (QED) is 0.635. The van der Waals surface area contributed by atoms with Crippen molar-refractivity contribution in [3.63, 3.8) is 0 Å². The van der Waals surface area contributed by atoms with Gasteiger partial charge in [0.25, 0.3) is 0 Å². The molecule has 1 heterocycles. The fourth-order valence-corrected chi connectivity index (χ4v) is 2.56. The summed E-state index contributed by atoms with van der Waals surface area (Å²) in [6, 6.07) is 5.53. The minimum atomic E-state index is -0.815. The number of nitrogens with one attached hydrogen (secondary N) is 1. The van der Waals surface area contributed by atoms with Crippen LogP contribution in [-0.2, 0) is 19.1 Å². The molecule has 23 heavy (non-hydrogen) atoms. The van der Waals surface area contributed by atoms with Gasteiger partial charge in [0.2, 0.25) is 0 Å². The molecule has 7 heteroatoms. The third-order valence-corrected chi connectivity index (χ3v) is 3.55. The molecule has 1 aromatic rings. The molecule has 0 amide bonds. The molecule has 0 radical (unpaired) electrons. The predicted octanol–water partition coefficient (Wildman–Crippen LogP) is 0.976. The predicted molar refractivity (Wildman–Crippen MR) is 80.1 cm³/mol. The van der Waals surface area contributed by atoms with E-state index in [1.807, 2.05) is 0 Å². The number of esters is 1. The van der Waals surface area contributed by atoms with Gasteiger partial charge in [0, 0.05) is 7.11 Å². The fraction of sp³-hybridized carbons (Fsp3) is 0.312. The summed E-state index contributed by atoms with van der Waals surface area (Å²) in [5.74, 6) is -0.0376. The van der Waals surface area contributed by atoms with Crippen molar-refractivity contribution in [1.82, 2.24) is 5.32 Å². The van der Waals surface area contributed by atoms with Crippen molar-refractivity contribution in [2.75, 3.05) is 13.7 Å². The molecule has 6 nitrogen and oxygen atoms in total. The molecule has 0 saturated carbocycles. The van der Waals surface area contributed by atoms with Gasteiger partial charge >= 0.3 is 5.97 Å². The van der Waals surface area contributed by atoms with Crippen LogP contribution in [0, 0.1) is 5.82 Å². The summed E-state index contributed by atoms with van der Waals surface area (Å²) >= 11 is 0. The molecule has 3 N–H and O–H groups in total. The van der Waals surface area contributed by atoms with Gasteiger partial charge in [-0.2, -0.15) is 0 Å². The van der Waals surface area contributed by atoms with E-state index in [0.29, 0.717) is 5.56 Å². The molecule has 1 aliphatic rings. The van der Waals surface area contributed by atoms with Crippen molar-refractivity contribution < 1.29 is 23.5 Å². The maximum absolute atomic E-state index is 13.2. The lowest BCUT2D eigenvalue weighted by Crippen LogP contribution is -2.43. The van der Waals surface area contributed by atoms with E-state index in [9.17, 15) is 14.0 Å². The highest BCUT2D eigenvalue weighted by Gasteiger charge is 2.40. The number of hydrogen-bond acceptors (Lipinski definition) is 6. The largest absolute Gasteiger partial charge is 0.463 e. The Morgan fingerprint density at radius 2 is 2.04 bits per heavy atom. The van der Waals surface area contributed by atoms with E-state index in [0.717, 1.165) is 0 Å². The lowest BCUT2D eigenvalue weighted by Gasteiger charge is -2.33. The second kappa shape index (κ2) is 7.09. The maximum Gasteiger partial charge on any atom is 0.338 e. The third kappa shape index (κ3) is 3.26. The van der Waals surface area contributed by atoms with Crippen LogP contribution in [0.15, 0.2) is 41.4 Å². The molecule has 2 unspecified atom stereocenters. The number of ether oxygens (including phenoxy) is 2. The molecule has 2 rings (SSSR count). The number of rotatable bonds is 4. The van der Waals surface area contributed by atoms with Crippen LogP contribution in [0.5, 0.6) is 0 Å². The van der Waals surface area contributed by atoms with Crippen LogP contribution in [0.1, 0.15) is 18.4 Å². The first-order chi connectivity index (χ1) is 11.0. The van der Waals surface area contributed by atoms with Gasteiger partial charge in [0.05, 0.1) is 18.1 Å². The Hall–Kier alpha value is -2.63. The fourth-order valence-electron chi connectivity index (χ4n) is 2.56. The summed E-state index contributed by atoms with van der Waals surface area (Å²) in [7, 11) is 1.39. The molecular weight excluding hydrogens is 303 g/mol. The summed E-state index contributed by atoms with van der Waals surface area (Å²) in [6.45, 7) is 1.84. The Morgan fingerprint density at radius 1 is 1.39 bits per heavy atom. The van der Waals surface area contributed by atoms with Gasteiger partial charge < -0.3 is 20.5 Å². The Labute approximate surface area is 132 Å². The highest BCUT2D eigenvalue weighted by atomic mass is 19.1. The maximum atomic E-state index is 13.2. The van der Waals surface area contributed by atoms with Crippen molar-refractivity contribution in [2.45, 2.75) is 18.9 Å². The zero-order valence-corrected chi connectivity index (χ0v) is 12.8. The summed E-state index contributed by atoms with van der Waals surface area (Å²) in [5.41, 5.74) is 6.65. The van der Waals surface area contributed by atoms with Gasteiger partial charge in [0.1, 0.15) is 29.4 Å². The van der Waals surface area contributed by atoms with E-state index in [2.05, 4.69) is 5.32 Å². The summed E-state index contributed by atoms with van der Waals surface area (Å²) in [6.07, 6.45) is -0.815. The van der Waals surface area contributed by atoms with Crippen LogP contribution in [0.3, 0.4) is 0 Å². The summed E-state index contributed by atoms with van der Waals surface area (Å²) in [5, 5.41) is 2.62. The van der Waals surface area contributed by atoms with Crippen molar-refractivity contribution in [1.29, 1.82) is 0 Å². The number of nitrogens with two attached hydrogens (primary N) is 1. The van der Waals surface area contributed by atoms with Gasteiger partial charge in [-0.05, 0) is 24.6 Å². The van der Waals surface area contributed by atoms with E-state index < -0.39 is 23.8 Å². The Balaban J connectivity index is 2.60. The first-order valence-electron chi connectivity index (χ1n) is 7.00. The number of carbonyl (C=O) groups excluding carboxylic acids is 2. The molecule has 2 atom stereocenters. The lowest BCUT2D eigenvalue weighted by atomic mass is 9.82. The summed E-state index contributed by atoms with van der Waals surface area (Å²) < 4.78 is 23.6. The normalized spacial score (nSPS) is 20.7. The molecule has 0 aromatic heterocycles. The molecule has 1 aliphatic heterocycles.